The monoisotopic (exact) mass is 432 g/mol. The van der Waals surface area contributed by atoms with Crippen LogP contribution < -0.4 is 11.5 Å². The number of nitrogens with two attached hydrogens (primary N) is 2. The standard InChI is InChI=1S/2C10H20N2O3/c2*1-10(2,3)15-9(13)12-5-7(11)8(6-12)14-4/h2*7-8H,5-6,11H2,1-4H3/t2*7-,8-/m10/s1. The molecule has 2 rings (SSSR count). The van der Waals surface area contributed by atoms with Crippen LogP contribution in [0.5, 0.6) is 0 Å². The molecule has 4 N–H and O–H groups in total. The van der Waals surface area contributed by atoms with Gasteiger partial charge in [-0.2, -0.15) is 0 Å². The molecule has 10 nitrogen and oxygen atoms in total. The topological polar surface area (TPSA) is 130 Å². The summed E-state index contributed by atoms with van der Waals surface area (Å²) in [7, 11) is 3.20. The molecule has 2 amide bonds. The fraction of sp³-hybridized carbons (Fsp3) is 0.900. The van der Waals surface area contributed by atoms with E-state index in [0.29, 0.717) is 26.2 Å². The van der Waals surface area contributed by atoms with Gasteiger partial charge in [-0.25, -0.2) is 9.59 Å². The maximum Gasteiger partial charge on any atom is 0.410 e. The number of carbonyl (C=O) groups excluding carboxylic acids is 2. The lowest BCUT2D eigenvalue weighted by Gasteiger charge is -2.24. The molecular weight excluding hydrogens is 392 g/mol. The number of hydrogen-bond donors (Lipinski definition) is 2. The first-order valence-electron chi connectivity index (χ1n) is 10.2. The molecule has 2 saturated heterocycles. The second-order valence-corrected chi connectivity index (χ2v) is 9.65. The summed E-state index contributed by atoms with van der Waals surface area (Å²) >= 11 is 0. The third kappa shape index (κ3) is 8.63. The van der Waals surface area contributed by atoms with Crippen molar-refractivity contribution in [1.29, 1.82) is 0 Å². The highest BCUT2D eigenvalue weighted by atomic mass is 16.6. The van der Waals surface area contributed by atoms with Gasteiger partial charge in [-0.15, -0.1) is 0 Å². The summed E-state index contributed by atoms with van der Waals surface area (Å²) in [6.07, 6.45) is -0.815. The molecule has 0 unspecified atom stereocenters. The third-order valence-corrected chi connectivity index (χ3v) is 4.53. The molecule has 2 fully saturated rings. The van der Waals surface area contributed by atoms with Crippen molar-refractivity contribution in [1.82, 2.24) is 9.80 Å². The summed E-state index contributed by atoms with van der Waals surface area (Å²) in [5.74, 6) is 0. The minimum Gasteiger partial charge on any atom is -0.444 e. The van der Waals surface area contributed by atoms with Gasteiger partial charge in [0.1, 0.15) is 11.2 Å². The normalized spacial score (nSPS) is 26.9. The first-order valence-corrected chi connectivity index (χ1v) is 10.2. The largest absolute Gasteiger partial charge is 0.444 e. The van der Waals surface area contributed by atoms with Crippen molar-refractivity contribution in [2.24, 2.45) is 11.5 Å². The van der Waals surface area contributed by atoms with Gasteiger partial charge in [-0.1, -0.05) is 0 Å². The molecule has 0 spiro atoms. The van der Waals surface area contributed by atoms with E-state index in [9.17, 15) is 9.59 Å². The minimum atomic E-state index is -0.466. The smallest absolute Gasteiger partial charge is 0.410 e. The Morgan fingerprint density at radius 1 is 0.700 bits per heavy atom. The maximum atomic E-state index is 11.7. The lowest BCUT2D eigenvalue weighted by atomic mass is 10.2. The molecule has 4 atom stereocenters. The molecule has 30 heavy (non-hydrogen) atoms. The van der Waals surface area contributed by atoms with Gasteiger partial charge in [0.25, 0.3) is 0 Å². The molecule has 0 radical (unpaired) electrons. The molecule has 10 heteroatoms. The SMILES string of the molecule is CO[C@@H]1CN(C(=O)OC(C)(C)C)C[C@H]1N.CO[C@H]1CN(C(=O)OC(C)(C)C)C[C@@H]1N. The lowest BCUT2D eigenvalue weighted by Crippen LogP contribution is -2.36. The molecule has 2 heterocycles. The van der Waals surface area contributed by atoms with Crippen molar-refractivity contribution in [2.75, 3.05) is 40.4 Å². The van der Waals surface area contributed by atoms with Crippen LogP contribution in [0.15, 0.2) is 0 Å². The quantitative estimate of drug-likeness (QED) is 0.665. The Hall–Kier alpha value is -1.62. The summed E-state index contributed by atoms with van der Waals surface area (Å²) in [5.41, 5.74) is 10.7. The van der Waals surface area contributed by atoms with Crippen molar-refractivity contribution in [3.05, 3.63) is 0 Å². The number of carbonyl (C=O) groups is 2. The van der Waals surface area contributed by atoms with E-state index < -0.39 is 11.2 Å². The number of amides is 2. The van der Waals surface area contributed by atoms with Crippen molar-refractivity contribution in [3.63, 3.8) is 0 Å². The van der Waals surface area contributed by atoms with E-state index in [1.807, 2.05) is 41.5 Å². The summed E-state index contributed by atoms with van der Waals surface area (Å²) in [6, 6.07) is -0.245. The second kappa shape index (κ2) is 10.6. The maximum absolute atomic E-state index is 11.7. The van der Waals surface area contributed by atoms with Crippen LogP contribution in [0.3, 0.4) is 0 Å². The number of methoxy groups -OCH3 is 2. The lowest BCUT2D eigenvalue weighted by molar-refractivity contribution is 0.0244. The number of nitrogens with zero attached hydrogens (tertiary/aromatic N) is 2. The fourth-order valence-corrected chi connectivity index (χ4v) is 3.05. The number of ether oxygens (including phenoxy) is 4. The van der Waals surface area contributed by atoms with Gasteiger partial charge in [0, 0.05) is 27.3 Å². The Labute approximate surface area is 180 Å². The van der Waals surface area contributed by atoms with Crippen LogP contribution in [-0.2, 0) is 18.9 Å². The highest BCUT2D eigenvalue weighted by Gasteiger charge is 2.36. The average Bonchev–Trinajstić information content (AvgIpc) is 3.15. The van der Waals surface area contributed by atoms with E-state index in [2.05, 4.69) is 0 Å². The van der Waals surface area contributed by atoms with Gasteiger partial charge < -0.3 is 40.2 Å². The molecule has 176 valence electrons. The predicted molar refractivity (Wildman–Crippen MR) is 113 cm³/mol. The van der Waals surface area contributed by atoms with Crippen LogP contribution in [0.4, 0.5) is 9.59 Å². The molecule has 0 aromatic heterocycles. The fourth-order valence-electron chi connectivity index (χ4n) is 3.05. The van der Waals surface area contributed by atoms with Crippen molar-refractivity contribution < 1.29 is 28.5 Å². The van der Waals surface area contributed by atoms with Crippen LogP contribution >= 0.6 is 0 Å². The summed E-state index contributed by atoms with van der Waals surface area (Å²) < 4.78 is 20.8. The van der Waals surface area contributed by atoms with E-state index in [0.717, 1.165) is 0 Å². The second-order valence-electron chi connectivity index (χ2n) is 9.65. The number of rotatable bonds is 2. The molecular formula is C20H40N4O6. The average molecular weight is 433 g/mol. The Balaban J connectivity index is 0.000000300. The van der Waals surface area contributed by atoms with Gasteiger partial charge in [-0.3, -0.25) is 0 Å². The zero-order valence-electron chi connectivity index (χ0n) is 19.6. The first kappa shape index (κ1) is 26.4. The van der Waals surface area contributed by atoms with Gasteiger partial charge in [-0.05, 0) is 41.5 Å². The Morgan fingerprint density at radius 2 is 1.00 bits per heavy atom. The van der Waals surface area contributed by atoms with Crippen molar-refractivity contribution >= 4 is 12.2 Å². The van der Waals surface area contributed by atoms with E-state index in [1.54, 1.807) is 24.0 Å². The Morgan fingerprint density at radius 3 is 1.20 bits per heavy atom. The summed E-state index contributed by atoms with van der Waals surface area (Å²) in [4.78, 5) is 26.5. The van der Waals surface area contributed by atoms with Crippen LogP contribution in [0, 0.1) is 0 Å². The number of hydrogen-bond acceptors (Lipinski definition) is 8. The van der Waals surface area contributed by atoms with Crippen LogP contribution in [0.2, 0.25) is 0 Å². The van der Waals surface area contributed by atoms with Crippen LogP contribution in [-0.4, -0.2) is 97.9 Å². The van der Waals surface area contributed by atoms with Crippen LogP contribution in [0.25, 0.3) is 0 Å². The zero-order valence-corrected chi connectivity index (χ0v) is 19.6. The van der Waals surface area contributed by atoms with Crippen molar-refractivity contribution in [2.45, 2.75) is 77.0 Å². The predicted octanol–water partition coefficient (Wildman–Crippen LogP) is 1.16. The third-order valence-electron chi connectivity index (χ3n) is 4.53. The molecule has 0 bridgehead atoms. The summed E-state index contributed by atoms with van der Waals surface area (Å²) in [6.45, 7) is 13.1. The zero-order chi connectivity index (χ0) is 23.3. The molecule has 0 aromatic carbocycles. The Kier molecular flexibility index (Phi) is 9.34. The van der Waals surface area contributed by atoms with E-state index in [-0.39, 0.29) is 36.5 Å². The van der Waals surface area contributed by atoms with Crippen molar-refractivity contribution in [3.8, 4) is 0 Å². The van der Waals surface area contributed by atoms with E-state index in [1.165, 1.54) is 0 Å². The van der Waals surface area contributed by atoms with E-state index >= 15 is 0 Å². The number of likely N-dealkylation sites (tertiary alicyclic amines) is 2. The summed E-state index contributed by atoms with van der Waals surface area (Å²) in [5, 5.41) is 0. The molecule has 0 aromatic rings. The molecule has 0 saturated carbocycles. The van der Waals surface area contributed by atoms with Gasteiger partial charge in [0.15, 0.2) is 0 Å². The highest BCUT2D eigenvalue weighted by molar-refractivity contribution is 5.69. The molecule has 2 aliphatic rings. The Bertz CT molecular complexity index is 525. The first-order chi connectivity index (χ1) is 13.7. The highest BCUT2D eigenvalue weighted by Crippen LogP contribution is 2.17. The minimum absolute atomic E-state index is 0.0856. The van der Waals surface area contributed by atoms with E-state index in [4.69, 9.17) is 30.4 Å². The van der Waals surface area contributed by atoms with Crippen LogP contribution in [0.1, 0.15) is 41.5 Å². The van der Waals surface area contributed by atoms with Gasteiger partial charge in [0.05, 0.1) is 37.4 Å². The van der Waals surface area contributed by atoms with Gasteiger partial charge in [0.2, 0.25) is 0 Å². The molecule has 2 aliphatic heterocycles. The molecule has 0 aliphatic carbocycles. The van der Waals surface area contributed by atoms with Gasteiger partial charge >= 0.3 is 12.2 Å².